The molecule has 0 heterocycles. The number of nitro groups is 1. The average Bonchev–Trinajstić information content (AvgIpc) is 2.65. The number of non-ortho nitro benzene ring substituents is 1. The summed E-state index contributed by atoms with van der Waals surface area (Å²) in [5, 5.41) is 29.4. The number of anilines is 1. The molecular weight excluding hydrogens is 334 g/mol. The summed E-state index contributed by atoms with van der Waals surface area (Å²) >= 11 is 0. The van der Waals surface area contributed by atoms with Gasteiger partial charge in [-0.2, -0.15) is 5.26 Å². The summed E-state index contributed by atoms with van der Waals surface area (Å²) in [5.74, 6) is -0.932. The van der Waals surface area contributed by atoms with E-state index in [1.54, 1.807) is 48.2 Å². The molecule has 0 aliphatic heterocycles. The smallest absolute Gasteiger partial charge is 0.326 e. The third-order valence-electron chi connectivity index (χ3n) is 4.14. The molecule has 0 saturated heterocycles. The van der Waals surface area contributed by atoms with E-state index in [4.69, 9.17) is 5.26 Å². The van der Waals surface area contributed by atoms with Gasteiger partial charge in [0.2, 0.25) is 0 Å². The van der Waals surface area contributed by atoms with Gasteiger partial charge in [0.1, 0.15) is 6.04 Å². The van der Waals surface area contributed by atoms with E-state index in [0.717, 1.165) is 5.56 Å². The third-order valence-corrected chi connectivity index (χ3v) is 4.14. The molecule has 2 rings (SSSR count). The largest absolute Gasteiger partial charge is 0.480 e. The fourth-order valence-electron chi connectivity index (χ4n) is 2.78. The number of aliphatic carboxylic acids is 1. The Morgan fingerprint density at radius 1 is 1.31 bits per heavy atom. The van der Waals surface area contributed by atoms with Crippen molar-refractivity contribution in [3.8, 4) is 6.07 Å². The minimum Gasteiger partial charge on any atom is -0.480 e. The topological polar surface area (TPSA) is 107 Å². The van der Waals surface area contributed by atoms with E-state index in [9.17, 15) is 20.0 Å². The van der Waals surface area contributed by atoms with Crippen LogP contribution in [0.2, 0.25) is 0 Å². The van der Waals surface area contributed by atoms with Crippen LogP contribution in [-0.2, 0) is 11.2 Å². The molecule has 1 atom stereocenters. The Kier molecular flexibility index (Phi) is 6.28. The Morgan fingerprint density at radius 3 is 2.54 bits per heavy atom. The minimum atomic E-state index is -0.932. The quantitative estimate of drug-likeness (QED) is 0.576. The Hall–Kier alpha value is -3.40. The molecule has 0 amide bonds. The van der Waals surface area contributed by atoms with Crippen LogP contribution >= 0.6 is 0 Å². The molecule has 2 aromatic rings. The molecule has 7 nitrogen and oxygen atoms in total. The zero-order valence-corrected chi connectivity index (χ0v) is 14.3. The zero-order chi connectivity index (χ0) is 19.1. The molecule has 0 radical (unpaired) electrons. The lowest BCUT2D eigenvalue weighted by atomic mass is 10.1. The second kappa shape index (κ2) is 8.62. The molecular formula is C19H19N3O4. The van der Waals surface area contributed by atoms with Crippen molar-refractivity contribution in [3.05, 3.63) is 69.8 Å². The molecule has 0 aromatic heterocycles. The second-order valence-corrected chi connectivity index (χ2v) is 5.79. The highest BCUT2D eigenvalue weighted by Gasteiger charge is 2.24. The SMILES string of the molecule is CCC(C(=O)O)N(CCc1ccc([N+](=O)[O-])cc1)c1cccc(C#N)c1. The maximum Gasteiger partial charge on any atom is 0.326 e. The minimum absolute atomic E-state index is 0.0179. The van der Waals surface area contributed by atoms with Crippen molar-refractivity contribution in [2.24, 2.45) is 0 Å². The van der Waals surface area contributed by atoms with E-state index in [0.29, 0.717) is 30.6 Å². The summed E-state index contributed by atoms with van der Waals surface area (Å²) in [6.45, 7) is 2.21. The number of hydrogen-bond acceptors (Lipinski definition) is 5. The highest BCUT2D eigenvalue weighted by Crippen LogP contribution is 2.22. The highest BCUT2D eigenvalue weighted by molar-refractivity contribution is 5.78. The fraction of sp³-hybridized carbons (Fsp3) is 0.263. The van der Waals surface area contributed by atoms with Gasteiger partial charge in [0.25, 0.3) is 5.69 Å². The Labute approximate surface area is 151 Å². The van der Waals surface area contributed by atoms with E-state index in [-0.39, 0.29) is 5.69 Å². The van der Waals surface area contributed by atoms with Crippen LogP contribution in [0.1, 0.15) is 24.5 Å². The number of carboxylic acid groups (broad SMARTS) is 1. The number of nitro benzene ring substituents is 1. The first kappa shape index (κ1) is 18.9. The Morgan fingerprint density at radius 2 is 2.00 bits per heavy atom. The number of carboxylic acids is 1. The molecule has 26 heavy (non-hydrogen) atoms. The maximum absolute atomic E-state index is 11.6. The first-order valence-electron chi connectivity index (χ1n) is 8.19. The van der Waals surface area contributed by atoms with Gasteiger partial charge in [0.05, 0.1) is 16.6 Å². The van der Waals surface area contributed by atoms with Gasteiger partial charge in [-0.25, -0.2) is 4.79 Å². The molecule has 1 N–H and O–H groups in total. The first-order chi connectivity index (χ1) is 12.5. The van der Waals surface area contributed by atoms with E-state index < -0.39 is 16.9 Å². The average molecular weight is 353 g/mol. The van der Waals surface area contributed by atoms with E-state index in [2.05, 4.69) is 6.07 Å². The van der Waals surface area contributed by atoms with Crippen molar-refractivity contribution in [3.63, 3.8) is 0 Å². The Bertz CT molecular complexity index is 827. The van der Waals surface area contributed by atoms with Crippen LogP contribution in [-0.4, -0.2) is 28.6 Å². The third kappa shape index (κ3) is 4.57. The standard InChI is InChI=1S/C19H19N3O4/c1-2-18(19(23)24)21(17-5-3-4-15(12-17)13-20)11-10-14-6-8-16(9-7-14)22(25)26/h3-9,12,18H,2,10-11H2,1H3,(H,23,24). The van der Waals surface area contributed by atoms with Gasteiger partial charge in [0.15, 0.2) is 0 Å². The number of nitriles is 1. The normalized spacial score (nSPS) is 11.4. The molecule has 0 bridgehead atoms. The van der Waals surface area contributed by atoms with Crippen LogP contribution in [0.4, 0.5) is 11.4 Å². The highest BCUT2D eigenvalue weighted by atomic mass is 16.6. The van der Waals surface area contributed by atoms with Crippen molar-refractivity contribution >= 4 is 17.3 Å². The number of carbonyl (C=O) groups is 1. The van der Waals surface area contributed by atoms with Crippen LogP contribution in [0.3, 0.4) is 0 Å². The number of hydrogen-bond donors (Lipinski definition) is 1. The molecule has 0 aliphatic rings. The van der Waals surface area contributed by atoms with Gasteiger partial charge in [-0.1, -0.05) is 25.1 Å². The van der Waals surface area contributed by atoms with E-state index in [1.807, 2.05) is 0 Å². The Balaban J connectivity index is 2.25. The number of rotatable bonds is 8. The summed E-state index contributed by atoms with van der Waals surface area (Å²) in [7, 11) is 0. The summed E-state index contributed by atoms with van der Waals surface area (Å²) in [6, 6.07) is 14.4. The lowest BCUT2D eigenvalue weighted by Gasteiger charge is -2.30. The van der Waals surface area contributed by atoms with Gasteiger partial charge < -0.3 is 10.0 Å². The lowest BCUT2D eigenvalue weighted by molar-refractivity contribution is -0.384. The van der Waals surface area contributed by atoms with Crippen molar-refractivity contribution in [2.45, 2.75) is 25.8 Å². The predicted molar refractivity (Wildman–Crippen MR) is 97.0 cm³/mol. The molecule has 1 unspecified atom stereocenters. The van der Waals surface area contributed by atoms with Crippen molar-refractivity contribution in [2.75, 3.05) is 11.4 Å². The molecule has 134 valence electrons. The van der Waals surface area contributed by atoms with Gasteiger partial charge in [-0.3, -0.25) is 10.1 Å². The number of benzene rings is 2. The summed E-state index contributed by atoms with van der Waals surface area (Å²) in [4.78, 5) is 23.7. The predicted octanol–water partition coefficient (Wildman–Crippen LogP) is 3.38. The van der Waals surface area contributed by atoms with E-state index >= 15 is 0 Å². The summed E-state index contributed by atoms with van der Waals surface area (Å²) < 4.78 is 0. The van der Waals surface area contributed by atoms with Crippen LogP contribution in [0.15, 0.2) is 48.5 Å². The molecule has 7 heteroatoms. The zero-order valence-electron chi connectivity index (χ0n) is 14.3. The van der Waals surface area contributed by atoms with Crippen LogP contribution in [0.5, 0.6) is 0 Å². The monoisotopic (exact) mass is 353 g/mol. The van der Waals surface area contributed by atoms with E-state index in [1.165, 1.54) is 12.1 Å². The molecule has 0 fully saturated rings. The van der Waals surface area contributed by atoms with Crippen LogP contribution < -0.4 is 4.90 Å². The van der Waals surface area contributed by atoms with Crippen molar-refractivity contribution < 1.29 is 14.8 Å². The second-order valence-electron chi connectivity index (χ2n) is 5.79. The van der Waals surface area contributed by atoms with Gasteiger partial charge in [-0.15, -0.1) is 0 Å². The molecule has 2 aromatic carbocycles. The van der Waals surface area contributed by atoms with Crippen LogP contribution in [0.25, 0.3) is 0 Å². The molecule has 0 spiro atoms. The molecule has 0 aliphatic carbocycles. The fourth-order valence-corrected chi connectivity index (χ4v) is 2.78. The van der Waals surface area contributed by atoms with Crippen molar-refractivity contribution in [1.82, 2.24) is 0 Å². The first-order valence-corrected chi connectivity index (χ1v) is 8.19. The van der Waals surface area contributed by atoms with Gasteiger partial charge in [0, 0.05) is 24.4 Å². The summed E-state index contributed by atoms with van der Waals surface area (Å²) in [5.41, 5.74) is 2.02. The maximum atomic E-state index is 11.6. The van der Waals surface area contributed by atoms with Gasteiger partial charge >= 0.3 is 5.97 Å². The lowest BCUT2D eigenvalue weighted by Crippen LogP contribution is -2.42. The van der Waals surface area contributed by atoms with Crippen molar-refractivity contribution in [1.29, 1.82) is 5.26 Å². The summed E-state index contributed by atoms with van der Waals surface area (Å²) in [6.07, 6.45) is 0.935. The van der Waals surface area contributed by atoms with Crippen LogP contribution in [0, 0.1) is 21.4 Å². The molecule has 0 saturated carbocycles. The van der Waals surface area contributed by atoms with Gasteiger partial charge in [-0.05, 0) is 36.6 Å². The number of nitrogens with zero attached hydrogens (tertiary/aromatic N) is 3.